The third kappa shape index (κ3) is 4.56. The first-order valence-electron chi connectivity index (χ1n) is 9.49. The Morgan fingerprint density at radius 2 is 1.90 bits per heavy atom. The van der Waals surface area contributed by atoms with Crippen molar-refractivity contribution in [3.63, 3.8) is 0 Å². The summed E-state index contributed by atoms with van der Waals surface area (Å²) >= 11 is 1.58. The van der Waals surface area contributed by atoms with E-state index < -0.39 is 0 Å². The van der Waals surface area contributed by atoms with Crippen molar-refractivity contribution < 1.29 is 13.9 Å². The maximum atomic E-state index is 13.1. The molecule has 1 aromatic heterocycles. The number of anilines is 1. The zero-order valence-electron chi connectivity index (χ0n) is 16.2. The van der Waals surface area contributed by atoms with E-state index >= 15 is 0 Å². The molecule has 0 N–H and O–H groups in total. The Hall–Kier alpha value is -2.93. The zero-order valence-corrected chi connectivity index (χ0v) is 17.0. The van der Waals surface area contributed by atoms with Crippen molar-refractivity contribution in [3.05, 3.63) is 65.3 Å². The first kappa shape index (κ1) is 19.4. The molecule has 150 valence electrons. The molecule has 1 aliphatic rings. The lowest BCUT2D eigenvalue weighted by molar-refractivity contribution is -0.130. The Bertz CT molecular complexity index is 982. The number of ether oxygens (including phenoxy) is 1. The van der Waals surface area contributed by atoms with E-state index in [1.807, 2.05) is 34.5 Å². The van der Waals surface area contributed by atoms with Gasteiger partial charge in [-0.3, -0.25) is 4.79 Å². The quantitative estimate of drug-likeness (QED) is 0.640. The lowest BCUT2D eigenvalue weighted by Crippen LogP contribution is -2.49. The molecule has 1 saturated heterocycles. The maximum absolute atomic E-state index is 13.1. The number of halogens is 1. The SMILES string of the molecule is COc1cccc(CC(=O)N2CCN(c3nc(-c4ccc(F)cc4)cs3)CC2)c1. The number of aromatic nitrogens is 1. The van der Waals surface area contributed by atoms with Crippen molar-refractivity contribution >= 4 is 22.4 Å². The molecular formula is C22H22FN3O2S. The maximum Gasteiger partial charge on any atom is 0.227 e. The van der Waals surface area contributed by atoms with E-state index in [4.69, 9.17) is 9.72 Å². The van der Waals surface area contributed by atoms with Gasteiger partial charge in [0.25, 0.3) is 0 Å². The number of methoxy groups -OCH3 is 1. The molecule has 0 aliphatic carbocycles. The molecule has 1 amide bonds. The zero-order chi connectivity index (χ0) is 20.2. The smallest absolute Gasteiger partial charge is 0.227 e. The van der Waals surface area contributed by atoms with Crippen LogP contribution in [0.4, 0.5) is 9.52 Å². The molecule has 1 fully saturated rings. The molecule has 4 rings (SSSR count). The van der Waals surface area contributed by atoms with Crippen LogP contribution in [-0.2, 0) is 11.2 Å². The van der Waals surface area contributed by atoms with Gasteiger partial charge in [-0.1, -0.05) is 12.1 Å². The van der Waals surface area contributed by atoms with E-state index in [1.54, 1.807) is 30.6 Å². The minimum absolute atomic E-state index is 0.129. The van der Waals surface area contributed by atoms with Crippen LogP contribution in [0.25, 0.3) is 11.3 Å². The van der Waals surface area contributed by atoms with Gasteiger partial charge in [-0.05, 0) is 42.0 Å². The van der Waals surface area contributed by atoms with Gasteiger partial charge < -0.3 is 14.5 Å². The summed E-state index contributed by atoms with van der Waals surface area (Å²) in [6.45, 7) is 2.85. The fraction of sp³-hybridized carbons (Fsp3) is 0.273. The fourth-order valence-electron chi connectivity index (χ4n) is 3.38. The Balaban J connectivity index is 1.34. The van der Waals surface area contributed by atoms with Gasteiger partial charge in [0.1, 0.15) is 11.6 Å². The molecule has 0 bridgehead atoms. The van der Waals surface area contributed by atoms with E-state index in [2.05, 4.69) is 4.90 Å². The predicted octanol–water partition coefficient (Wildman–Crippen LogP) is 3.85. The summed E-state index contributed by atoms with van der Waals surface area (Å²) in [5.74, 6) is 0.642. The van der Waals surface area contributed by atoms with E-state index in [9.17, 15) is 9.18 Å². The van der Waals surface area contributed by atoms with Crippen LogP contribution in [0.5, 0.6) is 5.75 Å². The van der Waals surface area contributed by atoms with Crippen molar-refractivity contribution in [2.45, 2.75) is 6.42 Å². The fourth-order valence-corrected chi connectivity index (χ4v) is 4.27. The van der Waals surface area contributed by atoms with Gasteiger partial charge in [-0.2, -0.15) is 0 Å². The van der Waals surface area contributed by atoms with Crippen molar-refractivity contribution in [2.24, 2.45) is 0 Å². The predicted molar refractivity (Wildman–Crippen MR) is 113 cm³/mol. The molecule has 0 unspecified atom stereocenters. The van der Waals surface area contributed by atoms with Crippen molar-refractivity contribution in [1.82, 2.24) is 9.88 Å². The van der Waals surface area contributed by atoms with Gasteiger partial charge in [-0.15, -0.1) is 11.3 Å². The summed E-state index contributed by atoms with van der Waals surface area (Å²) in [4.78, 5) is 21.5. The summed E-state index contributed by atoms with van der Waals surface area (Å²) in [7, 11) is 1.63. The number of carbonyl (C=O) groups is 1. The molecule has 3 aromatic rings. The molecule has 5 nitrogen and oxygen atoms in total. The molecule has 7 heteroatoms. The van der Waals surface area contributed by atoms with Crippen LogP contribution in [0.3, 0.4) is 0 Å². The molecule has 0 atom stereocenters. The summed E-state index contributed by atoms with van der Waals surface area (Å²) in [6.07, 6.45) is 0.378. The lowest BCUT2D eigenvalue weighted by Gasteiger charge is -2.34. The molecule has 0 spiro atoms. The normalized spacial score (nSPS) is 14.1. The van der Waals surface area contributed by atoms with Crippen LogP contribution in [-0.4, -0.2) is 49.1 Å². The minimum atomic E-state index is -0.251. The van der Waals surface area contributed by atoms with Gasteiger partial charge in [-0.25, -0.2) is 9.37 Å². The molecule has 2 aromatic carbocycles. The van der Waals surface area contributed by atoms with Gasteiger partial charge in [0.2, 0.25) is 5.91 Å². The van der Waals surface area contributed by atoms with Crippen molar-refractivity contribution in [1.29, 1.82) is 0 Å². The highest BCUT2D eigenvalue weighted by Crippen LogP contribution is 2.28. The highest BCUT2D eigenvalue weighted by molar-refractivity contribution is 7.14. The van der Waals surface area contributed by atoms with Crippen molar-refractivity contribution in [3.8, 4) is 17.0 Å². The Kier molecular flexibility index (Phi) is 5.76. The molecular weight excluding hydrogens is 389 g/mol. The molecule has 2 heterocycles. The number of piperazine rings is 1. The topological polar surface area (TPSA) is 45.7 Å². The number of carbonyl (C=O) groups excluding carboxylic acids is 1. The second-order valence-corrected chi connectivity index (χ2v) is 7.75. The lowest BCUT2D eigenvalue weighted by atomic mass is 10.1. The Morgan fingerprint density at radius 3 is 2.62 bits per heavy atom. The van der Waals surface area contributed by atoms with Crippen LogP contribution >= 0.6 is 11.3 Å². The Labute approximate surface area is 173 Å². The average Bonchev–Trinajstić information content (AvgIpc) is 3.25. The Morgan fingerprint density at radius 1 is 1.14 bits per heavy atom. The monoisotopic (exact) mass is 411 g/mol. The van der Waals surface area contributed by atoms with Gasteiger partial charge in [0, 0.05) is 37.1 Å². The minimum Gasteiger partial charge on any atom is -0.497 e. The number of amides is 1. The van der Waals surface area contributed by atoms with E-state index in [-0.39, 0.29) is 11.7 Å². The summed E-state index contributed by atoms with van der Waals surface area (Å²) < 4.78 is 18.3. The number of thiazole rings is 1. The van der Waals surface area contributed by atoms with Gasteiger partial charge in [0.15, 0.2) is 5.13 Å². The second kappa shape index (κ2) is 8.61. The molecule has 29 heavy (non-hydrogen) atoms. The average molecular weight is 412 g/mol. The number of hydrogen-bond donors (Lipinski definition) is 0. The number of rotatable bonds is 5. The van der Waals surface area contributed by atoms with Crippen LogP contribution in [0.15, 0.2) is 53.9 Å². The van der Waals surface area contributed by atoms with E-state index in [1.165, 1.54) is 12.1 Å². The van der Waals surface area contributed by atoms with Crippen LogP contribution in [0.1, 0.15) is 5.56 Å². The first-order chi connectivity index (χ1) is 14.1. The summed E-state index contributed by atoms with van der Waals surface area (Å²) in [6, 6.07) is 14.0. The first-order valence-corrected chi connectivity index (χ1v) is 10.4. The van der Waals surface area contributed by atoms with Crippen LogP contribution in [0, 0.1) is 5.82 Å². The standard InChI is InChI=1S/C22H22FN3O2S/c1-28-19-4-2-3-16(13-19)14-21(27)25-9-11-26(12-10-25)22-24-20(15-29-22)17-5-7-18(23)8-6-17/h2-8,13,15H,9-12,14H2,1H3. The van der Waals surface area contributed by atoms with Crippen LogP contribution < -0.4 is 9.64 Å². The number of benzene rings is 2. The van der Waals surface area contributed by atoms with E-state index in [0.29, 0.717) is 19.5 Å². The third-order valence-corrected chi connectivity index (χ3v) is 5.93. The van der Waals surface area contributed by atoms with Crippen LogP contribution in [0.2, 0.25) is 0 Å². The van der Waals surface area contributed by atoms with E-state index in [0.717, 1.165) is 40.8 Å². The third-order valence-electron chi connectivity index (χ3n) is 5.02. The highest BCUT2D eigenvalue weighted by atomic mass is 32.1. The van der Waals surface area contributed by atoms with Crippen molar-refractivity contribution in [2.75, 3.05) is 38.2 Å². The number of hydrogen-bond acceptors (Lipinski definition) is 5. The van der Waals surface area contributed by atoms with Gasteiger partial charge in [0.05, 0.1) is 19.2 Å². The molecule has 0 radical (unpaired) electrons. The molecule has 1 aliphatic heterocycles. The summed E-state index contributed by atoms with van der Waals surface area (Å²) in [5, 5.41) is 2.92. The summed E-state index contributed by atoms with van der Waals surface area (Å²) in [5.41, 5.74) is 2.71. The number of nitrogens with zero attached hydrogens (tertiary/aromatic N) is 3. The molecule has 0 saturated carbocycles. The second-order valence-electron chi connectivity index (χ2n) is 6.92. The largest absolute Gasteiger partial charge is 0.497 e. The van der Waals surface area contributed by atoms with Gasteiger partial charge >= 0.3 is 0 Å². The highest BCUT2D eigenvalue weighted by Gasteiger charge is 2.23.